The molecule has 5 heteroatoms. The van der Waals surface area contributed by atoms with Gasteiger partial charge in [0.2, 0.25) is 0 Å². The first-order chi connectivity index (χ1) is 14.6. The lowest BCUT2D eigenvalue weighted by Gasteiger charge is -2.47. The van der Waals surface area contributed by atoms with E-state index in [-0.39, 0.29) is 22.6 Å². The van der Waals surface area contributed by atoms with Crippen molar-refractivity contribution in [1.29, 1.82) is 0 Å². The molecule has 5 rings (SSSR count). The summed E-state index contributed by atoms with van der Waals surface area (Å²) in [7, 11) is 0. The molecule has 0 saturated carbocycles. The molecule has 0 aromatic heterocycles. The molecule has 1 atom stereocenters. The topological polar surface area (TPSA) is 32.8 Å². The van der Waals surface area contributed by atoms with E-state index in [0.29, 0.717) is 5.56 Å². The zero-order valence-electron chi connectivity index (χ0n) is 17.4. The quantitative estimate of drug-likeness (QED) is 0.770. The number of fused-ring (bicyclic) bond motifs is 1. The van der Waals surface area contributed by atoms with Crippen molar-refractivity contribution >= 4 is 5.91 Å². The van der Waals surface area contributed by atoms with E-state index in [1.165, 1.54) is 17.7 Å². The Morgan fingerprint density at radius 1 is 0.967 bits per heavy atom. The highest BCUT2D eigenvalue weighted by Crippen LogP contribution is 2.57. The van der Waals surface area contributed by atoms with Gasteiger partial charge in [0.25, 0.3) is 5.91 Å². The van der Waals surface area contributed by atoms with E-state index in [2.05, 4.69) is 35.2 Å². The summed E-state index contributed by atoms with van der Waals surface area (Å²) in [6.07, 6.45) is 3.08. The number of carbonyl (C=O) groups excluding carboxylic acids is 1. The Kier molecular flexibility index (Phi) is 5.11. The van der Waals surface area contributed by atoms with Crippen LogP contribution in [0.2, 0.25) is 0 Å². The second-order valence-corrected chi connectivity index (χ2v) is 9.30. The number of nitrogens with zero attached hydrogens (tertiary/aromatic N) is 2. The van der Waals surface area contributed by atoms with Crippen LogP contribution in [0.25, 0.3) is 0 Å². The fourth-order valence-electron chi connectivity index (χ4n) is 5.98. The normalized spacial score (nSPS) is 26.0. The summed E-state index contributed by atoms with van der Waals surface area (Å²) in [6.45, 7) is 6.23. The second kappa shape index (κ2) is 7.78. The monoisotopic (exact) mass is 408 g/mol. The van der Waals surface area contributed by atoms with E-state index >= 15 is 0 Å². The molecule has 2 aromatic rings. The number of piperidine rings is 1. The molecule has 0 N–H and O–H groups in total. The average Bonchev–Trinajstić information content (AvgIpc) is 3.35. The summed E-state index contributed by atoms with van der Waals surface area (Å²) in [5.41, 5.74) is 2.18. The standard InChI is InChI=1S/C25H29FN2O2/c26-22-8-4-7-21(15-22)23(29)28-12-9-24(10-13-28)17-27(16-20-5-2-1-3-6-20)18-25(24)11-14-30-19-25/h1-8,15H,9-14,16-19H2/t25-/m0/s1. The highest BCUT2D eigenvalue weighted by Gasteiger charge is 2.59. The largest absolute Gasteiger partial charge is 0.381 e. The van der Waals surface area contributed by atoms with Gasteiger partial charge in [0.1, 0.15) is 5.82 Å². The van der Waals surface area contributed by atoms with Crippen molar-refractivity contribution in [3.8, 4) is 0 Å². The predicted molar refractivity (Wildman–Crippen MR) is 114 cm³/mol. The maximum Gasteiger partial charge on any atom is 0.253 e. The highest BCUT2D eigenvalue weighted by molar-refractivity contribution is 5.94. The lowest BCUT2D eigenvalue weighted by Crippen LogP contribution is -2.51. The lowest BCUT2D eigenvalue weighted by molar-refractivity contribution is 0.00834. The van der Waals surface area contributed by atoms with Crippen LogP contribution in [0.1, 0.15) is 35.2 Å². The zero-order chi connectivity index (χ0) is 20.6. The SMILES string of the molecule is O=C(c1cccc(F)c1)N1CCC2(CC1)CN(Cc1ccccc1)C[C@]21CCOC1. The maximum absolute atomic E-state index is 13.6. The number of halogens is 1. The number of carbonyl (C=O) groups is 1. The van der Waals surface area contributed by atoms with Gasteiger partial charge >= 0.3 is 0 Å². The molecule has 0 radical (unpaired) electrons. The number of ether oxygens (including phenoxy) is 1. The minimum Gasteiger partial charge on any atom is -0.381 e. The predicted octanol–water partition coefficient (Wildman–Crippen LogP) is 3.97. The van der Waals surface area contributed by atoms with Crippen LogP contribution < -0.4 is 0 Å². The first-order valence-corrected chi connectivity index (χ1v) is 11.0. The lowest BCUT2D eigenvalue weighted by atomic mass is 9.60. The Morgan fingerprint density at radius 3 is 2.43 bits per heavy atom. The molecular weight excluding hydrogens is 379 g/mol. The molecule has 3 aliphatic heterocycles. The third kappa shape index (κ3) is 3.44. The Bertz CT molecular complexity index is 902. The molecule has 1 amide bonds. The van der Waals surface area contributed by atoms with Gasteiger partial charge in [0, 0.05) is 50.3 Å². The number of amides is 1. The van der Waals surface area contributed by atoms with Gasteiger partial charge in [-0.1, -0.05) is 36.4 Å². The minimum absolute atomic E-state index is 0.0554. The fourth-order valence-corrected chi connectivity index (χ4v) is 5.98. The second-order valence-electron chi connectivity index (χ2n) is 9.30. The summed E-state index contributed by atoms with van der Waals surface area (Å²) in [4.78, 5) is 17.4. The van der Waals surface area contributed by atoms with Gasteiger partial charge < -0.3 is 9.64 Å². The summed E-state index contributed by atoms with van der Waals surface area (Å²) in [6, 6.07) is 16.7. The van der Waals surface area contributed by atoms with Crippen LogP contribution in [0.3, 0.4) is 0 Å². The molecule has 0 unspecified atom stereocenters. The fraction of sp³-hybridized carbons (Fsp3) is 0.480. The molecular formula is C25H29FN2O2. The molecule has 30 heavy (non-hydrogen) atoms. The van der Waals surface area contributed by atoms with Crippen LogP contribution in [-0.4, -0.2) is 55.1 Å². The van der Waals surface area contributed by atoms with Crippen molar-refractivity contribution in [3.05, 3.63) is 71.5 Å². The van der Waals surface area contributed by atoms with Crippen LogP contribution in [0.15, 0.2) is 54.6 Å². The summed E-state index contributed by atoms with van der Waals surface area (Å²) < 4.78 is 19.5. The van der Waals surface area contributed by atoms with Gasteiger partial charge in [-0.05, 0) is 48.4 Å². The molecule has 0 bridgehead atoms. The Hall–Kier alpha value is -2.24. The van der Waals surface area contributed by atoms with E-state index < -0.39 is 0 Å². The van der Waals surface area contributed by atoms with Crippen molar-refractivity contribution in [2.75, 3.05) is 39.4 Å². The highest BCUT2D eigenvalue weighted by atomic mass is 19.1. The number of hydrogen-bond donors (Lipinski definition) is 0. The molecule has 3 heterocycles. The molecule has 3 saturated heterocycles. The van der Waals surface area contributed by atoms with Crippen molar-refractivity contribution in [2.45, 2.75) is 25.8 Å². The van der Waals surface area contributed by atoms with Gasteiger partial charge in [-0.15, -0.1) is 0 Å². The Labute approximate surface area is 177 Å². The third-order valence-corrected chi connectivity index (χ3v) is 7.61. The van der Waals surface area contributed by atoms with Gasteiger partial charge in [0.15, 0.2) is 0 Å². The van der Waals surface area contributed by atoms with Crippen molar-refractivity contribution in [3.63, 3.8) is 0 Å². The van der Waals surface area contributed by atoms with Gasteiger partial charge in [-0.2, -0.15) is 0 Å². The number of benzene rings is 2. The molecule has 4 nitrogen and oxygen atoms in total. The number of likely N-dealkylation sites (tertiary alicyclic amines) is 2. The zero-order valence-corrected chi connectivity index (χ0v) is 17.4. The first kappa shape index (κ1) is 19.7. The van der Waals surface area contributed by atoms with E-state index in [9.17, 15) is 9.18 Å². The average molecular weight is 409 g/mol. The maximum atomic E-state index is 13.6. The van der Waals surface area contributed by atoms with E-state index in [0.717, 1.165) is 65.2 Å². The van der Waals surface area contributed by atoms with Crippen LogP contribution in [0.4, 0.5) is 4.39 Å². The van der Waals surface area contributed by atoms with Gasteiger partial charge in [-0.25, -0.2) is 4.39 Å². The van der Waals surface area contributed by atoms with E-state index in [1.807, 2.05) is 4.90 Å². The van der Waals surface area contributed by atoms with Crippen molar-refractivity contribution in [2.24, 2.45) is 10.8 Å². The summed E-state index contributed by atoms with van der Waals surface area (Å²) >= 11 is 0. The minimum atomic E-state index is -0.358. The van der Waals surface area contributed by atoms with Crippen molar-refractivity contribution < 1.29 is 13.9 Å². The van der Waals surface area contributed by atoms with Crippen LogP contribution in [-0.2, 0) is 11.3 Å². The smallest absolute Gasteiger partial charge is 0.253 e. The molecule has 2 aromatic carbocycles. The van der Waals surface area contributed by atoms with Crippen LogP contribution >= 0.6 is 0 Å². The van der Waals surface area contributed by atoms with Crippen molar-refractivity contribution in [1.82, 2.24) is 9.80 Å². The van der Waals surface area contributed by atoms with E-state index in [4.69, 9.17) is 4.74 Å². The summed E-state index contributed by atoms with van der Waals surface area (Å²) in [5, 5.41) is 0. The van der Waals surface area contributed by atoms with Gasteiger partial charge in [-0.3, -0.25) is 9.69 Å². The number of rotatable bonds is 3. The molecule has 0 aliphatic carbocycles. The molecule has 3 aliphatic rings. The first-order valence-electron chi connectivity index (χ1n) is 11.0. The third-order valence-electron chi connectivity index (χ3n) is 7.61. The van der Waals surface area contributed by atoms with Crippen LogP contribution in [0.5, 0.6) is 0 Å². The number of hydrogen-bond acceptors (Lipinski definition) is 3. The van der Waals surface area contributed by atoms with E-state index in [1.54, 1.807) is 12.1 Å². The molecule has 158 valence electrons. The molecule has 2 spiro atoms. The van der Waals surface area contributed by atoms with Gasteiger partial charge in [0.05, 0.1) is 6.61 Å². The summed E-state index contributed by atoms with van der Waals surface area (Å²) in [5.74, 6) is -0.413. The molecule has 3 fully saturated rings. The van der Waals surface area contributed by atoms with Crippen LogP contribution in [0, 0.1) is 16.6 Å². The Balaban J connectivity index is 1.31. The Morgan fingerprint density at radius 2 is 1.73 bits per heavy atom.